The lowest BCUT2D eigenvalue weighted by atomic mass is 9.98. The molecule has 0 aliphatic rings. The summed E-state index contributed by atoms with van der Waals surface area (Å²) in [6.07, 6.45) is -7.23. The number of carbonyl (C=O) groups is 1. The van der Waals surface area contributed by atoms with Crippen LogP contribution in [-0.2, 0) is 14.3 Å². The molecule has 0 aliphatic heterocycles. The number of fused-ring (bicyclic) bond motifs is 1. The summed E-state index contributed by atoms with van der Waals surface area (Å²) in [6, 6.07) is 9.76. The van der Waals surface area contributed by atoms with E-state index < -0.39 is 37.7 Å². The predicted molar refractivity (Wildman–Crippen MR) is 91.0 cm³/mol. The maximum absolute atomic E-state index is 12.7. The molecule has 0 saturated carbocycles. The molecule has 2 rings (SSSR count). The Labute approximate surface area is 150 Å². The van der Waals surface area contributed by atoms with Crippen LogP contribution < -0.4 is 4.74 Å². The van der Waals surface area contributed by atoms with Gasteiger partial charge in [0.2, 0.25) is 0 Å². The van der Waals surface area contributed by atoms with Crippen LogP contribution in [0.2, 0.25) is 0 Å². The quantitative estimate of drug-likeness (QED) is 0.690. The van der Waals surface area contributed by atoms with E-state index in [2.05, 4.69) is 9.47 Å². The molecule has 4 heteroatoms. The first-order valence-electron chi connectivity index (χ1n) is 11.3. The van der Waals surface area contributed by atoms with Crippen molar-refractivity contribution in [1.82, 2.24) is 0 Å². The zero-order valence-electron chi connectivity index (χ0n) is 22.1. The molecule has 0 saturated heterocycles. The van der Waals surface area contributed by atoms with Crippen LogP contribution >= 0.6 is 0 Å². The molecule has 1 atom stereocenters. The van der Waals surface area contributed by atoms with Gasteiger partial charge in [0.15, 0.2) is 0 Å². The first-order valence-corrected chi connectivity index (χ1v) is 6.81. The maximum Gasteiger partial charge on any atom is 0.313 e. The summed E-state index contributed by atoms with van der Waals surface area (Å²) in [7, 11) is 2.31. The Kier molecular flexibility index (Phi) is 3.22. The van der Waals surface area contributed by atoms with Gasteiger partial charge in [-0.2, -0.15) is 0 Å². The Morgan fingerprint density at radius 2 is 1.83 bits per heavy atom. The fourth-order valence-corrected chi connectivity index (χ4v) is 1.95. The van der Waals surface area contributed by atoms with E-state index in [0.717, 1.165) is 19.4 Å². The van der Waals surface area contributed by atoms with Crippen molar-refractivity contribution in [1.29, 1.82) is 0 Å². The molecule has 0 bridgehead atoms. The summed E-state index contributed by atoms with van der Waals surface area (Å²) in [6.45, 7) is -5.74. The van der Waals surface area contributed by atoms with Crippen LogP contribution in [0.15, 0.2) is 36.4 Å². The molecule has 23 heavy (non-hydrogen) atoms. The van der Waals surface area contributed by atoms with Crippen molar-refractivity contribution in [3.63, 3.8) is 0 Å². The Bertz CT molecular complexity index is 1010. The summed E-state index contributed by atoms with van der Waals surface area (Å²) >= 11 is 0. The minimum absolute atomic E-state index is 0.131. The lowest BCUT2D eigenvalue weighted by Gasteiger charge is -2.13. The highest BCUT2D eigenvalue weighted by atomic mass is 16.5. The largest absolute Gasteiger partial charge is 0.497 e. The van der Waals surface area contributed by atoms with E-state index in [1.807, 2.05) is 0 Å². The molecule has 0 heterocycles. The second kappa shape index (κ2) is 8.53. The molecular weight excluding hydrogens is 292 g/mol. The Hall–Kier alpha value is -2.07. The summed E-state index contributed by atoms with van der Waals surface area (Å²) in [5, 5.41) is 1.43. The number of rotatable bonds is 8. The summed E-state index contributed by atoms with van der Waals surface area (Å²) in [5.41, 5.74) is 0.131. The zero-order chi connectivity index (χ0) is 24.8. The predicted octanol–water partition coefficient (Wildman–Crippen LogP) is 3.92. The van der Waals surface area contributed by atoms with Gasteiger partial charge in [-0.25, -0.2) is 0 Å². The zero-order valence-corrected chi connectivity index (χ0v) is 13.1. The molecular formula is C19H24O4. The molecule has 0 amide bonds. The van der Waals surface area contributed by atoms with Crippen molar-refractivity contribution in [2.45, 2.75) is 25.6 Å². The average Bonchev–Trinajstić information content (AvgIpc) is 2.71. The second-order valence-electron chi connectivity index (χ2n) is 4.60. The molecule has 0 spiro atoms. The van der Waals surface area contributed by atoms with Crippen molar-refractivity contribution in [3.05, 3.63) is 42.0 Å². The average molecular weight is 325 g/mol. The van der Waals surface area contributed by atoms with Crippen LogP contribution in [0.1, 0.15) is 43.5 Å². The van der Waals surface area contributed by atoms with Gasteiger partial charge in [0, 0.05) is 20.5 Å². The molecule has 4 nitrogen and oxygen atoms in total. The molecule has 2 aromatic rings. The lowest BCUT2D eigenvalue weighted by molar-refractivity contribution is -0.145. The number of hydrogen-bond acceptors (Lipinski definition) is 4. The number of hydrogen-bond donors (Lipinski definition) is 0. The summed E-state index contributed by atoms with van der Waals surface area (Å²) in [4.78, 5) is 12.7. The summed E-state index contributed by atoms with van der Waals surface area (Å²) < 4.78 is 84.7. The third-order valence-electron chi connectivity index (χ3n) is 3.20. The van der Waals surface area contributed by atoms with Gasteiger partial charge < -0.3 is 14.2 Å². The highest BCUT2D eigenvalue weighted by Crippen LogP contribution is 2.25. The van der Waals surface area contributed by atoms with Gasteiger partial charge in [-0.15, -0.1) is 0 Å². The van der Waals surface area contributed by atoms with E-state index in [4.69, 9.17) is 17.1 Å². The highest BCUT2D eigenvalue weighted by Gasteiger charge is 2.17. The van der Waals surface area contributed by atoms with Crippen molar-refractivity contribution in [2.24, 2.45) is 0 Å². The van der Waals surface area contributed by atoms with Gasteiger partial charge in [0.05, 0.1) is 25.0 Å². The Balaban J connectivity index is 2.38. The maximum atomic E-state index is 12.7. The first-order chi connectivity index (χ1) is 14.4. The molecule has 0 fully saturated rings. The van der Waals surface area contributed by atoms with Crippen LogP contribution in [0.5, 0.6) is 5.75 Å². The Morgan fingerprint density at radius 1 is 1.13 bits per heavy atom. The van der Waals surface area contributed by atoms with Crippen LogP contribution in [0.3, 0.4) is 0 Å². The van der Waals surface area contributed by atoms with E-state index in [-0.39, 0.29) is 5.56 Å². The molecule has 0 unspecified atom stereocenters. The molecule has 0 N–H and O–H groups in total. The minimum Gasteiger partial charge on any atom is -0.497 e. The number of esters is 1. The molecule has 0 aliphatic carbocycles. The fourth-order valence-electron chi connectivity index (χ4n) is 1.95. The van der Waals surface area contributed by atoms with E-state index in [1.165, 1.54) is 19.2 Å². The number of methoxy groups -OCH3 is 2. The lowest BCUT2D eigenvalue weighted by Crippen LogP contribution is -2.14. The van der Waals surface area contributed by atoms with Crippen molar-refractivity contribution < 1.29 is 31.3 Å². The van der Waals surface area contributed by atoms with E-state index in [1.54, 1.807) is 24.3 Å². The van der Waals surface area contributed by atoms with Gasteiger partial charge in [-0.05, 0) is 48.1 Å². The second-order valence-corrected chi connectivity index (χ2v) is 4.60. The van der Waals surface area contributed by atoms with Crippen molar-refractivity contribution in [3.8, 4) is 5.75 Å². The fraction of sp³-hybridized carbons (Fsp3) is 0.421. The smallest absolute Gasteiger partial charge is 0.313 e. The standard InChI is InChI=1S/C19H24O4/c1-14(19(20)23-11-5-4-10-21-2)15-6-7-17-13-18(22-3)9-8-16(17)12-15/h6-9,12-14H,4-5,10-11H2,1-3H3/t14-/m0/s1/i4D2,5D2,10D2,11D2,14D. The SMILES string of the molecule is [2H]C([2H])(OC)C([2H])([2H])C([2H])([2H])C([2H])([2H])OC(=O)[C@@]([2H])(C)c1ccc2cc(OC)ccc2c1. The topological polar surface area (TPSA) is 44.8 Å². The van der Waals surface area contributed by atoms with Gasteiger partial charge in [-0.1, -0.05) is 24.3 Å². The van der Waals surface area contributed by atoms with Gasteiger partial charge in [0.1, 0.15) is 5.75 Å². The van der Waals surface area contributed by atoms with E-state index in [9.17, 15) is 4.79 Å². The van der Waals surface area contributed by atoms with Gasteiger partial charge >= 0.3 is 5.97 Å². The molecule has 2 aromatic carbocycles. The molecule has 124 valence electrons. The van der Waals surface area contributed by atoms with Gasteiger partial charge in [-0.3, -0.25) is 4.79 Å². The number of ether oxygens (including phenoxy) is 3. The number of benzene rings is 2. The van der Waals surface area contributed by atoms with Gasteiger partial charge in [0.25, 0.3) is 0 Å². The first kappa shape index (κ1) is 8.69. The van der Waals surface area contributed by atoms with E-state index >= 15 is 0 Å². The normalized spacial score (nSPS) is 21.8. The van der Waals surface area contributed by atoms with Crippen molar-refractivity contribution in [2.75, 3.05) is 27.3 Å². The minimum atomic E-state index is -3.68. The highest BCUT2D eigenvalue weighted by molar-refractivity contribution is 5.86. The van der Waals surface area contributed by atoms with E-state index in [0.29, 0.717) is 11.1 Å². The number of carbonyl (C=O) groups excluding carboxylic acids is 1. The van der Waals surface area contributed by atoms with Crippen LogP contribution in [-0.4, -0.2) is 33.3 Å². The van der Waals surface area contributed by atoms with Crippen LogP contribution in [0, 0.1) is 0 Å². The monoisotopic (exact) mass is 325 g/mol. The summed E-state index contributed by atoms with van der Waals surface area (Å²) in [5.74, 6) is -3.04. The molecule has 0 aromatic heterocycles. The Morgan fingerprint density at radius 3 is 2.57 bits per heavy atom. The third-order valence-corrected chi connectivity index (χ3v) is 3.20. The van der Waals surface area contributed by atoms with Crippen molar-refractivity contribution >= 4 is 16.7 Å². The van der Waals surface area contributed by atoms with Crippen LogP contribution in [0.4, 0.5) is 0 Å². The van der Waals surface area contributed by atoms with Crippen LogP contribution in [0.25, 0.3) is 10.8 Å². The molecule has 0 radical (unpaired) electrons. The third kappa shape index (κ3) is 4.70.